The number of carboxylic acids is 1. The zero-order valence-corrected chi connectivity index (χ0v) is 28.1. The minimum absolute atomic E-state index is 0.0138. The lowest BCUT2D eigenvalue weighted by Gasteiger charge is -2.25. The number of nitrogens with two attached hydrogens (primary N) is 5. The first-order chi connectivity index (χ1) is 24.4. The van der Waals surface area contributed by atoms with Crippen molar-refractivity contribution >= 4 is 57.4 Å². The molecule has 4 atom stereocenters. The summed E-state index contributed by atoms with van der Waals surface area (Å²) in [5.41, 5.74) is 30.9. The molecule has 0 fully saturated rings. The van der Waals surface area contributed by atoms with E-state index in [1.807, 2.05) is 48.5 Å². The van der Waals surface area contributed by atoms with Crippen molar-refractivity contribution in [2.75, 3.05) is 13.1 Å². The summed E-state index contributed by atoms with van der Waals surface area (Å²) in [5, 5.41) is 19.8. The van der Waals surface area contributed by atoms with E-state index < -0.39 is 47.9 Å². The number of aromatic nitrogens is 2. The number of carboxylic acid groups (broad SMARTS) is 1. The molecular formula is C34H46N12O5. The highest BCUT2D eigenvalue weighted by Crippen LogP contribution is 2.21. The molecule has 0 aliphatic rings. The van der Waals surface area contributed by atoms with Gasteiger partial charge in [0, 0.05) is 60.1 Å². The first-order valence-corrected chi connectivity index (χ1v) is 16.5. The van der Waals surface area contributed by atoms with Crippen LogP contribution >= 0.6 is 0 Å². The summed E-state index contributed by atoms with van der Waals surface area (Å²) in [5.74, 6) is -3.45. The molecule has 4 aromatic rings. The summed E-state index contributed by atoms with van der Waals surface area (Å²) in [6, 6.07) is 10.2. The van der Waals surface area contributed by atoms with Gasteiger partial charge in [0.2, 0.25) is 17.7 Å². The molecular weight excluding hydrogens is 656 g/mol. The molecule has 17 heteroatoms. The van der Waals surface area contributed by atoms with Crippen molar-refractivity contribution in [3.63, 3.8) is 0 Å². The second-order valence-electron chi connectivity index (χ2n) is 12.2. The summed E-state index contributed by atoms with van der Waals surface area (Å²) < 4.78 is 0. The molecule has 16 N–H and O–H groups in total. The number of rotatable bonds is 19. The first kappa shape index (κ1) is 37.7. The lowest BCUT2D eigenvalue weighted by atomic mass is 10.0. The maximum absolute atomic E-state index is 14.0. The SMILES string of the molecule is NC(N)=NCCC[C@H](NC(=O)[C@H](Cc1c[nH]c2ccccc12)NC(=O)[C@@H](N)CCCN=C(N)N)C(=O)N[C@@H](Cc1c[nH]c2ccccc12)C(=O)O. The van der Waals surface area contributed by atoms with Gasteiger partial charge in [-0.1, -0.05) is 36.4 Å². The van der Waals surface area contributed by atoms with Crippen LogP contribution in [-0.2, 0) is 32.0 Å². The summed E-state index contributed by atoms with van der Waals surface area (Å²) >= 11 is 0. The third-order valence-electron chi connectivity index (χ3n) is 8.33. The number of H-pyrrole nitrogens is 2. The number of aliphatic imine (C=N–C) groups is 2. The molecule has 0 saturated carbocycles. The Kier molecular flexibility index (Phi) is 13.3. The summed E-state index contributed by atoms with van der Waals surface area (Å²) in [6.07, 6.45) is 4.49. The van der Waals surface area contributed by atoms with E-state index in [1.165, 1.54) is 0 Å². The highest BCUT2D eigenvalue weighted by molar-refractivity contribution is 5.95. The van der Waals surface area contributed by atoms with Crippen LogP contribution in [0.1, 0.15) is 36.8 Å². The number of hydrogen-bond donors (Lipinski definition) is 11. The summed E-state index contributed by atoms with van der Waals surface area (Å²) in [6.45, 7) is 0.431. The molecule has 4 rings (SSSR count). The topological polar surface area (TPSA) is 311 Å². The Morgan fingerprint density at radius 2 is 1.10 bits per heavy atom. The Hall–Kier alpha value is -6.10. The number of guanidine groups is 2. The fraction of sp³-hybridized carbons (Fsp3) is 0.353. The summed E-state index contributed by atoms with van der Waals surface area (Å²) in [4.78, 5) is 67.4. The second-order valence-corrected chi connectivity index (χ2v) is 12.2. The molecule has 2 aromatic carbocycles. The Labute approximate surface area is 293 Å². The highest BCUT2D eigenvalue weighted by atomic mass is 16.4. The average molecular weight is 703 g/mol. The van der Waals surface area contributed by atoms with E-state index in [1.54, 1.807) is 12.4 Å². The zero-order valence-electron chi connectivity index (χ0n) is 28.1. The fourth-order valence-electron chi connectivity index (χ4n) is 5.70. The van der Waals surface area contributed by atoms with Crippen LogP contribution in [0.3, 0.4) is 0 Å². The van der Waals surface area contributed by atoms with E-state index in [4.69, 9.17) is 28.7 Å². The van der Waals surface area contributed by atoms with Crippen LogP contribution in [0.5, 0.6) is 0 Å². The number of benzene rings is 2. The Bertz CT molecular complexity index is 1880. The van der Waals surface area contributed by atoms with Gasteiger partial charge in [-0.3, -0.25) is 24.4 Å². The third-order valence-corrected chi connectivity index (χ3v) is 8.33. The second kappa shape index (κ2) is 18.1. The van der Waals surface area contributed by atoms with E-state index in [-0.39, 0.29) is 57.1 Å². The van der Waals surface area contributed by atoms with E-state index in [0.717, 1.165) is 27.4 Å². The van der Waals surface area contributed by atoms with Crippen molar-refractivity contribution in [1.82, 2.24) is 25.9 Å². The van der Waals surface area contributed by atoms with Crippen LogP contribution in [0.2, 0.25) is 0 Å². The first-order valence-electron chi connectivity index (χ1n) is 16.5. The van der Waals surface area contributed by atoms with Gasteiger partial charge in [-0.25, -0.2) is 4.79 Å². The van der Waals surface area contributed by atoms with Gasteiger partial charge in [0.1, 0.15) is 18.1 Å². The molecule has 51 heavy (non-hydrogen) atoms. The molecule has 0 aliphatic heterocycles. The molecule has 17 nitrogen and oxygen atoms in total. The number of amides is 3. The number of aliphatic carboxylic acids is 1. The molecule has 0 aliphatic carbocycles. The van der Waals surface area contributed by atoms with Crippen LogP contribution in [0.4, 0.5) is 0 Å². The van der Waals surface area contributed by atoms with Crippen LogP contribution in [0.25, 0.3) is 21.8 Å². The van der Waals surface area contributed by atoms with Crippen molar-refractivity contribution < 1.29 is 24.3 Å². The number of hydrogen-bond acceptors (Lipinski definition) is 7. The van der Waals surface area contributed by atoms with Gasteiger partial charge >= 0.3 is 5.97 Å². The molecule has 272 valence electrons. The highest BCUT2D eigenvalue weighted by Gasteiger charge is 2.31. The lowest BCUT2D eigenvalue weighted by molar-refractivity contribution is -0.142. The minimum atomic E-state index is -1.31. The van der Waals surface area contributed by atoms with Crippen LogP contribution < -0.4 is 44.6 Å². The molecule has 0 saturated heterocycles. The number of nitrogens with one attached hydrogen (secondary N) is 5. The molecule has 0 bridgehead atoms. The van der Waals surface area contributed by atoms with Crippen molar-refractivity contribution in [2.24, 2.45) is 38.7 Å². The van der Waals surface area contributed by atoms with Crippen molar-refractivity contribution in [2.45, 2.75) is 62.7 Å². The van der Waals surface area contributed by atoms with Crippen molar-refractivity contribution in [3.05, 3.63) is 72.1 Å². The molecule has 0 unspecified atom stereocenters. The van der Waals surface area contributed by atoms with E-state index in [9.17, 15) is 24.3 Å². The Morgan fingerprint density at radius 1 is 0.647 bits per heavy atom. The lowest BCUT2D eigenvalue weighted by Crippen LogP contribution is -2.57. The molecule has 0 radical (unpaired) electrons. The Balaban J connectivity index is 1.54. The van der Waals surface area contributed by atoms with Crippen molar-refractivity contribution in [3.8, 4) is 0 Å². The minimum Gasteiger partial charge on any atom is -0.480 e. The smallest absolute Gasteiger partial charge is 0.326 e. The standard InChI is InChI=1S/C34H46N12O5/c35-23(9-5-13-40-33(36)37)29(47)45-27(15-19-17-42-24-10-3-1-7-21(19)24)31(49)44-26(12-6-14-41-34(38)39)30(48)46-28(32(50)51)16-20-18-43-25-11-4-2-8-22(20)25/h1-4,7-8,10-11,17-18,23,26-28,42-43H,5-6,9,12-16,35H2,(H,44,49)(H,45,47)(H,46,48)(H,50,51)(H4,36,37,40)(H4,38,39,41)/t23-,26-,27-,28-/m0/s1. The zero-order chi connectivity index (χ0) is 36.9. The number of aromatic amines is 2. The van der Waals surface area contributed by atoms with Gasteiger partial charge in [0.05, 0.1) is 6.04 Å². The Morgan fingerprint density at radius 3 is 1.63 bits per heavy atom. The number of carbonyl (C=O) groups is 4. The maximum Gasteiger partial charge on any atom is 0.326 e. The number of nitrogens with zero attached hydrogens (tertiary/aromatic N) is 2. The van der Waals surface area contributed by atoms with Gasteiger partial charge in [0.25, 0.3) is 0 Å². The predicted molar refractivity (Wildman–Crippen MR) is 195 cm³/mol. The maximum atomic E-state index is 14.0. The molecule has 2 heterocycles. The van der Waals surface area contributed by atoms with Crippen LogP contribution in [0, 0.1) is 0 Å². The molecule has 0 spiro atoms. The van der Waals surface area contributed by atoms with Crippen molar-refractivity contribution in [1.29, 1.82) is 0 Å². The van der Waals surface area contributed by atoms with E-state index in [0.29, 0.717) is 12.0 Å². The van der Waals surface area contributed by atoms with Gasteiger partial charge in [-0.05, 0) is 48.9 Å². The van der Waals surface area contributed by atoms with E-state index >= 15 is 0 Å². The van der Waals surface area contributed by atoms with Gasteiger partial charge in [-0.15, -0.1) is 0 Å². The van der Waals surface area contributed by atoms with Gasteiger partial charge in [0.15, 0.2) is 11.9 Å². The van der Waals surface area contributed by atoms with E-state index in [2.05, 4.69) is 35.9 Å². The number of fused-ring (bicyclic) bond motifs is 2. The number of carbonyl (C=O) groups excluding carboxylic acids is 3. The quantitative estimate of drug-likeness (QED) is 0.0335. The largest absolute Gasteiger partial charge is 0.480 e. The van der Waals surface area contributed by atoms with Crippen LogP contribution in [0.15, 0.2) is 70.9 Å². The van der Waals surface area contributed by atoms with Crippen LogP contribution in [-0.4, -0.2) is 87.9 Å². The predicted octanol–water partition coefficient (Wildman–Crippen LogP) is -0.592. The average Bonchev–Trinajstić information content (AvgIpc) is 3.70. The van der Waals surface area contributed by atoms with Gasteiger partial charge < -0.3 is 59.7 Å². The molecule has 3 amide bonds. The third kappa shape index (κ3) is 10.9. The normalized spacial score (nSPS) is 13.4. The van der Waals surface area contributed by atoms with Gasteiger partial charge in [-0.2, -0.15) is 0 Å². The number of para-hydroxylation sites is 2. The molecule has 2 aromatic heterocycles. The summed E-state index contributed by atoms with van der Waals surface area (Å²) in [7, 11) is 0. The monoisotopic (exact) mass is 702 g/mol. The fourth-order valence-corrected chi connectivity index (χ4v) is 5.70.